The van der Waals surface area contributed by atoms with Crippen molar-refractivity contribution >= 4 is 23.3 Å². The molecule has 28 heavy (non-hydrogen) atoms. The highest BCUT2D eigenvalue weighted by atomic mass is 35.5. The lowest BCUT2D eigenvalue weighted by molar-refractivity contribution is -0.118. The first-order chi connectivity index (χ1) is 13.6. The Labute approximate surface area is 169 Å². The van der Waals surface area contributed by atoms with Crippen LogP contribution in [0.3, 0.4) is 0 Å². The summed E-state index contributed by atoms with van der Waals surface area (Å²) in [5.74, 6) is 1.58. The maximum absolute atomic E-state index is 12.3. The quantitative estimate of drug-likeness (QED) is 0.598. The number of amides is 1. The second kappa shape index (κ2) is 8.07. The molecule has 144 valence electrons. The molecule has 0 aliphatic heterocycles. The molecule has 1 unspecified atom stereocenters. The molecule has 1 heterocycles. The largest absolute Gasteiger partial charge is 0.482 e. The van der Waals surface area contributed by atoms with Crippen LogP contribution >= 0.6 is 11.6 Å². The summed E-state index contributed by atoms with van der Waals surface area (Å²) >= 11 is 6.34. The topological polar surface area (TPSA) is 56.2 Å². The van der Waals surface area contributed by atoms with Gasteiger partial charge >= 0.3 is 0 Å². The van der Waals surface area contributed by atoms with Gasteiger partial charge in [-0.25, -0.2) is 4.68 Å². The monoisotopic (exact) mass is 395 g/mol. The van der Waals surface area contributed by atoms with Gasteiger partial charge in [0.1, 0.15) is 11.6 Å². The molecule has 5 nitrogen and oxygen atoms in total. The van der Waals surface area contributed by atoms with Gasteiger partial charge in [-0.15, -0.1) is 0 Å². The minimum Gasteiger partial charge on any atom is -0.482 e. The number of ether oxygens (including phenoxy) is 1. The fraction of sp³-hybridized carbons (Fsp3) is 0.273. The number of anilines is 1. The van der Waals surface area contributed by atoms with E-state index in [0.717, 1.165) is 11.1 Å². The summed E-state index contributed by atoms with van der Waals surface area (Å²) in [4.78, 5) is 12.3. The molecule has 0 radical (unpaired) electrons. The van der Waals surface area contributed by atoms with Crippen molar-refractivity contribution in [2.45, 2.75) is 25.8 Å². The van der Waals surface area contributed by atoms with Crippen molar-refractivity contribution in [1.82, 2.24) is 9.78 Å². The average molecular weight is 396 g/mol. The lowest BCUT2D eigenvalue weighted by Gasteiger charge is -2.15. The van der Waals surface area contributed by atoms with Gasteiger partial charge < -0.3 is 10.1 Å². The third-order valence-corrected chi connectivity index (χ3v) is 5.32. The molecule has 1 N–H and O–H groups in total. The molecule has 0 bridgehead atoms. The summed E-state index contributed by atoms with van der Waals surface area (Å²) in [5.41, 5.74) is 2.08. The lowest BCUT2D eigenvalue weighted by Crippen LogP contribution is -2.23. The first kappa shape index (κ1) is 18.6. The molecular formula is C22H22ClN3O2. The summed E-state index contributed by atoms with van der Waals surface area (Å²) in [6, 6.07) is 17.6. The van der Waals surface area contributed by atoms with Gasteiger partial charge in [0.2, 0.25) is 0 Å². The van der Waals surface area contributed by atoms with Gasteiger partial charge in [-0.05, 0) is 48.9 Å². The van der Waals surface area contributed by atoms with Crippen molar-refractivity contribution in [3.63, 3.8) is 0 Å². The van der Waals surface area contributed by atoms with Gasteiger partial charge in [-0.3, -0.25) is 4.79 Å². The molecule has 1 atom stereocenters. The van der Waals surface area contributed by atoms with E-state index in [1.165, 1.54) is 12.8 Å². The number of nitrogens with one attached hydrogen (secondary N) is 1. The van der Waals surface area contributed by atoms with Crippen molar-refractivity contribution in [3.05, 3.63) is 65.8 Å². The van der Waals surface area contributed by atoms with Crippen LogP contribution in [0.4, 0.5) is 5.82 Å². The third-order valence-electron chi connectivity index (χ3n) is 5.03. The lowest BCUT2D eigenvalue weighted by atomic mass is 10.1. The molecule has 2 aromatic carbocycles. The standard InChI is InChI=1S/C22H22ClN3O2/c1-15(16-7-8-16)26-21(11-12-24-26)25-22(27)14-28-20-10-9-18(13-19(20)23)17-5-3-2-4-6-17/h2-6,9-13,15-16H,7-8,14H2,1H3,(H,25,27). The van der Waals surface area contributed by atoms with Gasteiger partial charge in [-0.1, -0.05) is 48.0 Å². The number of carbonyl (C=O) groups is 1. The number of carbonyl (C=O) groups excluding carboxylic acids is 1. The molecule has 1 saturated carbocycles. The molecule has 1 aliphatic rings. The molecule has 1 aliphatic carbocycles. The van der Waals surface area contributed by atoms with Crippen molar-refractivity contribution in [1.29, 1.82) is 0 Å². The zero-order valence-corrected chi connectivity index (χ0v) is 16.4. The van der Waals surface area contributed by atoms with Crippen LogP contribution in [0, 0.1) is 5.92 Å². The van der Waals surface area contributed by atoms with Crippen LogP contribution in [0.2, 0.25) is 5.02 Å². The number of rotatable bonds is 7. The predicted molar refractivity (Wildman–Crippen MR) is 111 cm³/mol. The molecule has 1 fully saturated rings. The van der Waals surface area contributed by atoms with E-state index in [0.29, 0.717) is 22.5 Å². The average Bonchev–Trinajstić information content (AvgIpc) is 3.46. The van der Waals surface area contributed by atoms with Crippen LogP contribution in [-0.2, 0) is 4.79 Å². The molecule has 6 heteroatoms. The molecule has 3 aromatic rings. The Hall–Kier alpha value is -2.79. The van der Waals surface area contributed by atoms with Gasteiger partial charge in [0.25, 0.3) is 5.91 Å². The summed E-state index contributed by atoms with van der Waals surface area (Å²) < 4.78 is 7.50. The Bertz CT molecular complexity index is 967. The number of aromatic nitrogens is 2. The molecule has 1 amide bonds. The van der Waals surface area contributed by atoms with E-state index >= 15 is 0 Å². The van der Waals surface area contributed by atoms with E-state index in [4.69, 9.17) is 16.3 Å². The Kier molecular flexibility index (Phi) is 5.35. The summed E-state index contributed by atoms with van der Waals surface area (Å²) in [6.07, 6.45) is 4.14. The minimum atomic E-state index is -0.243. The van der Waals surface area contributed by atoms with Crippen molar-refractivity contribution in [2.75, 3.05) is 11.9 Å². The summed E-state index contributed by atoms with van der Waals surface area (Å²) in [7, 11) is 0. The Morgan fingerprint density at radius 3 is 2.71 bits per heavy atom. The van der Waals surface area contributed by atoms with Gasteiger partial charge in [0.05, 0.1) is 17.3 Å². The number of halogens is 1. The second-order valence-electron chi connectivity index (χ2n) is 7.09. The third kappa shape index (κ3) is 4.20. The number of hydrogen-bond donors (Lipinski definition) is 1. The van der Waals surface area contributed by atoms with Crippen LogP contribution in [-0.4, -0.2) is 22.3 Å². The van der Waals surface area contributed by atoms with Gasteiger partial charge in [0.15, 0.2) is 6.61 Å². The van der Waals surface area contributed by atoms with E-state index in [9.17, 15) is 4.79 Å². The molecule has 0 spiro atoms. The highest BCUT2D eigenvalue weighted by molar-refractivity contribution is 6.32. The van der Waals surface area contributed by atoms with Crippen LogP contribution in [0.5, 0.6) is 5.75 Å². The first-order valence-corrected chi connectivity index (χ1v) is 9.81. The fourth-order valence-corrected chi connectivity index (χ4v) is 3.50. The number of nitrogens with zero attached hydrogens (tertiary/aromatic N) is 2. The van der Waals surface area contributed by atoms with E-state index in [-0.39, 0.29) is 18.6 Å². The fourth-order valence-electron chi connectivity index (χ4n) is 3.27. The van der Waals surface area contributed by atoms with E-state index < -0.39 is 0 Å². The van der Waals surface area contributed by atoms with Crippen molar-refractivity contribution < 1.29 is 9.53 Å². The summed E-state index contributed by atoms with van der Waals surface area (Å²) in [6.45, 7) is 2.01. The highest BCUT2D eigenvalue weighted by Crippen LogP contribution is 2.40. The Balaban J connectivity index is 1.37. The normalized spacial score (nSPS) is 14.5. The van der Waals surface area contributed by atoms with Gasteiger partial charge in [0, 0.05) is 6.07 Å². The smallest absolute Gasteiger partial charge is 0.263 e. The zero-order valence-electron chi connectivity index (χ0n) is 15.6. The minimum absolute atomic E-state index is 0.118. The predicted octanol–water partition coefficient (Wildman–Crippen LogP) is 5.19. The van der Waals surface area contributed by atoms with E-state index in [1.807, 2.05) is 47.1 Å². The summed E-state index contributed by atoms with van der Waals surface area (Å²) in [5, 5.41) is 7.69. The van der Waals surface area contributed by atoms with E-state index in [2.05, 4.69) is 17.3 Å². The van der Waals surface area contributed by atoms with Crippen molar-refractivity contribution in [3.8, 4) is 16.9 Å². The van der Waals surface area contributed by atoms with Crippen LogP contribution in [0.25, 0.3) is 11.1 Å². The first-order valence-electron chi connectivity index (χ1n) is 9.43. The molecule has 4 rings (SSSR count). The molecule has 1 aromatic heterocycles. The molecular weight excluding hydrogens is 374 g/mol. The Morgan fingerprint density at radius 1 is 1.21 bits per heavy atom. The van der Waals surface area contributed by atoms with Crippen LogP contribution in [0.15, 0.2) is 60.8 Å². The number of hydrogen-bond acceptors (Lipinski definition) is 3. The van der Waals surface area contributed by atoms with E-state index in [1.54, 1.807) is 18.3 Å². The zero-order chi connectivity index (χ0) is 19.5. The van der Waals surface area contributed by atoms with Crippen molar-refractivity contribution in [2.24, 2.45) is 5.92 Å². The van der Waals surface area contributed by atoms with Crippen LogP contribution in [0.1, 0.15) is 25.8 Å². The highest BCUT2D eigenvalue weighted by Gasteiger charge is 2.30. The van der Waals surface area contributed by atoms with Gasteiger partial charge in [-0.2, -0.15) is 5.10 Å². The second-order valence-corrected chi connectivity index (χ2v) is 7.49. The SMILES string of the molecule is CC(C1CC1)n1nccc1NC(=O)COc1ccc(-c2ccccc2)cc1Cl. The maximum Gasteiger partial charge on any atom is 0.263 e. The number of benzene rings is 2. The molecule has 0 saturated heterocycles. The maximum atomic E-state index is 12.3. The Morgan fingerprint density at radius 2 is 2.00 bits per heavy atom. The van der Waals surface area contributed by atoms with Crippen LogP contribution < -0.4 is 10.1 Å².